The fourth-order valence-corrected chi connectivity index (χ4v) is 2.08. The second kappa shape index (κ2) is 5.78. The summed E-state index contributed by atoms with van der Waals surface area (Å²) in [4.78, 5) is 0. The molecule has 3 nitrogen and oxygen atoms in total. The molecule has 0 spiro atoms. The van der Waals surface area contributed by atoms with Crippen LogP contribution in [0.3, 0.4) is 0 Å². The highest BCUT2D eigenvalue weighted by atomic mass is 14.9. The lowest BCUT2D eigenvalue weighted by molar-refractivity contribution is 0.690. The molecule has 1 atom stereocenters. The van der Waals surface area contributed by atoms with Crippen LogP contribution in [0.5, 0.6) is 0 Å². The Morgan fingerprint density at radius 1 is 0.778 bits per heavy atom. The molecule has 2 aromatic rings. The van der Waals surface area contributed by atoms with E-state index in [0.717, 1.165) is 5.56 Å². The third-order valence-electron chi connectivity index (χ3n) is 3.08. The minimum absolute atomic E-state index is 0.189. The van der Waals surface area contributed by atoms with Gasteiger partial charge in [0.05, 0.1) is 12.2 Å². The Bertz CT molecular complexity index is 477. The van der Waals surface area contributed by atoms with Crippen LogP contribution in [0.25, 0.3) is 0 Å². The Morgan fingerprint density at radius 3 is 1.78 bits per heavy atom. The lowest BCUT2D eigenvalue weighted by atomic mass is 9.97. The molecule has 0 saturated carbocycles. The molecule has 94 valence electrons. The number of hydrogen-bond acceptors (Lipinski definition) is 3. The molecule has 0 amide bonds. The molecule has 0 aromatic heterocycles. The quantitative estimate of drug-likeness (QED) is 0.716. The predicted octanol–water partition coefficient (Wildman–Crippen LogP) is 1.91. The zero-order valence-corrected chi connectivity index (χ0v) is 10.5. The van der Waals surface area contributed by atoms with Crippen LogP contribution >= 0.6 is 0 Å². The molecule has 0 fully saturated rings. The number of benzene rings is 2. The van der Waals surface area contributed by atoms with Crippen molar-refractivity contribution >= 4 is 0 Å². The average Bonchev–Trinajstić information content (AvgIpc) is 2.41. The second-order valence-electron chi connectivity index (χ2n) is 4.32. The summed E-state index contributed by atoms with van der Waals surface area (Å²) in [5, 5.41) is 3.32. The molecule has 3 heteroatoms. The molecule has 0 aliphatic carbocycles. The van der Waals surface area contributed by atoms with Crippen molar-refractivity contribution in [1.29, 1.82) is 0 Å². The minimum Gasteiger partial charge on any atom is -0.312 e. The molecule has 0 heterocycles. The molecule has 18 heavy (non-hydrogen) atoms. The van der Waals surface area contributed by atoms with Gasteiger partial charge in [-0.1, -0.05) is 54.6 Å². The van der Waals surface area contributed by atoms with Crippen LogP contribution in [0.4, 0.5) is 0 Å². The monoisotopic (exact) mass is 241 g/mol. The van der Waals surface area contributed by atoms with Crippen LogP contribution in [0.1, 0.15) is 28.9 Å². The summed E-state index contributed by atoms with van der Waals surface area (Å²) >= 11 is 0. The van der Waals surface area contributed by atoms with E-state index in [1.54, 1.807) is 0 Å². The Labute approximate surface area is 108 Å². The Kier molecular flexibility index (Phi) is 4.10. The maximum absolute atomic E-state index is 5.65. The van der Waals surface area contributed by atoms with Gasteiger partial charge in [-0.05, 0) is 23.7 Å². The lowest BCUT2D eigenvalue weighted by Crippen LogP contribution is -2.21. The summed E-state index contributed by atoms with van der Waals surface area (Å²) in [6, 6.07) is 18.6. The lowest BCUT2D eigenvalue weighted by Gasteiger charge is -2.18. The first-order valence-electron chi connectivity index (χ1n) is 6.05. The molecule has 0 aliphatic heterocycles. The highest BCUT2D eigenvalue weighted by Crippen LogP contribution is 2.22. The third kappa shape index (κ3) is 2.76. The maximum Gasteiger partial charge on any atom is 0.0784 e. The van der Waals surface area contributed by atoms with E-state index in [9.17, 15) is 0 Å². The topological polar surface area (TPSA) is 64.1 Å². The number of nitrogens with two attached hydrogens (primary N) is 2. The van der Waals surface area contributed by atoms with E-state index in [1.165, 1.54) is 11.1 Å². The summed E-state index contributed by atoms with van der Waals surface area (Å²) < 4.78 is 0. The smallest absolute Gasteiger partial charge is 0.0784 e. The van der Waals surface area contributed by atoms with E-state index in [4.69, 9.17) is 11.5 Å². The van der Waals surface area contributed by atoms with Crippen LogP contribution < -0.4 is 16.8 Å². The van der Waals surface area contributed by atoms with E-state index in [2.05, 4.69) is 29.6 Å². The van der Waals surface area contributed by atoms with E-state index in [-0.39, 0.29) is 6.04 Å². The van der Waals surface area contributed by atoms with Crippen molar-refractivity contribution in [3.05, 3.63) is 71.3 Å². The Hall–Kier alpha value is -1.68. The van der Waals surface area contributed by atoms with Crippen molar-refractivity contribution in [2.45, 2.75) is 12.2 Å². The molecule has 5 N–H and O–H groups in total. The molecule has 0 aliphatic rings. The van der Waals surface area contributed by atoms with Crippen LogP contribution in [0.15, 0.2) is 54.6 Å². The van der Waals surface area contributed by atoms with Crippen molar-refractivity contribution < 1.29 is 0 Å². The van der Waals surface area contributed by atoms with Crippen molar-refractivity contribution in [1.82, 2.24) is 5.32 Å². The molecular weight excluding hydrogens is 222 g/mol. The fourth-order valence-electron chi connectivity index (χ4n) is 2.08. The van der Waals surface area contributed by atoms with Gasteiger partial charge < -0.3 is 16.8 Å². The van der Waals surface area contributed by atoms with Gasteiger partial charge in [0.25, 0.3) is 0 Å². The normalized spacial score (nSPS) is 12.7. The van der Waals surface area contributed by atoms with Crippen LogP contribution in [0.2, 0.25) is 0 Å². The summed E-state index contributed by atoms with van der Waals surface area (Å²) in [5.41, 5.74) is 14.7. The molecule has 0 saturated heterocycles. The second-order valence-corrected chi connectivity index (χ2v) is 4.32. The van der Waals surface area contributed by atoms with Gasteiger partial charge in [-0.3, -0.25) is 0 Å². The van der Waals surface area contributed by atoms with Crippen LogP contribution in [-0.4, -0.2) is 7.05 Å². The highest BCUT2D eigenvalue weighted by molar-refractivity contribution is 5.34. The Morgan fingerprint density at radius 2 is 1.28 bits per heavy atom. The SMILES string of the molecule is CNC(c1ccccc1)c1ccc(C(N)N)cc1. The molecule has 2 rings (SSSR count). The van der Waals surface area contributed by atoms with Crippen molar-refractivity contribution in [2.75, 3.05) is 7.05 Å². The number of rotatable bonds is 4. The van der Waals surface area contributed by atoms with E-state index < -0.39 is 6.17 Å². The maximum atomic E-state index is 5.65. The first kappa shape index (κ1) is 12.8. The average molecular weight is 241 g/mol. The predicted molar refractivity (Wildman–Crippen MR) is 74.9 cm³/mol. The molecule has 0 radical (unpaired) electrons. The van der Waals surface area contributed by atoms with E-state index in [0.29, 0.717) is 0 Å². The Balaban J connectivity index is 2.28. The molecular formula is C15H19N3. The first-order valence-corrected chi connectivity index (χ1v) is 6.05. The highest BCUT2D eigenvalue weighted by Gasteiger charge is 2.11. The van der Waals surface area contributed by atoms with Gasteiger partial charge in [-0.25, -0.2) is 0 Å². The van der Waals surface area contributed by atoms with Crippen molar-refractivity contribution in [3.63, 3.8) is 0 Å². The molecule has 1 unspecified atom stereocenters. The van der Waals surface area contributed by atoms with Gasteiger partial charge in [-0.15, -0.1) is 0 Å². The molecule has 0 bridgehead atoms. The van der Waals surface area contributed by atoms with Gasteiger partial charge in [0, 0.05) is 0 Å². The van der Waals surface area contributed by atoms with Gasteiger partial charge >= 0.3 is 0 Å². The summed E-state index contributed by atoms with van der Waals surface area (Å²) in [6.45, 7) is 0. The van der Waals surface area contributed by atoms with Gasteiger partial charge in [0.15, 0.2) is 0 Å². The zero-order valence-electron chi connectivity index (χ0n) is 10.5. The first-order chi connectivity index (χ1) is 8.72. The van der Waals surface area contributed by atoms with Gasteiger partial charge in [0.2, 0.25) is 0 Å². The number of nitrogens with one attached hydrogen (secondary N) is 1. The third-order valence-corrected chi connectivity index (χ3v) is 3.08. The van der Waals surface area contributed by atoms with Crippen molar-refractivity contribution in [3.8, 4) is 0 Å². The zero-order chi connectivity index (χ0) is 13.0. The van der Waals surface area contributed by atoms with Crippen LogP contribution in [-0.2, 0) is 0 Å². The van der Waals surface area contributed by atoms with Gasteiger partial charge in [-0.2, -0.15) is 0 Å². The minimum atomic E-state index is -0.413. The van der Waals surface area contributed by atoms with Gasteiger partial charge in [0.1, 0.15) is 0 Å². The standard InChI is InChI=1S/C15H19N3/c1-18-14(11-5-3-2-4-6-11)12-7-9-13(10-8-12)15(16)17/h2-10,14-15,18H,16-17H2,1H3. The number of hydrogen-bond donors (Lipinski definition) is 3. The largest absolute Gasteiger partial charge is 0.312 e. The summed E-state index contributed by atoms with van der Waals surface area (Å²) in [5.74, 6) is 0. The van der Waals surface area contributed by atoms with E-state index >= 15 is 0 Å². The fraction of sp³-hybridized carbons (Fsp3) is 0.200. The van der Waals surface area contributed by atoms with E-state index in [1.807, 2.05) is 37.4 Å². The summed E-state index contributed by atoms with van der Waals surface area (Å²) in [7, 11) is 1.96. The molecule has 2 aromatic carbocycles. The summed E-state index contributed by atoms with van der Waals surface area (Å²) in [6.07, 6.45) is -0.413. The van der Waals surface area contributed by atoms with Crippen LogP contribution in [0, 0.1) is 0 Å². The van der Waals surface area contributed by atoms with Crippen molar-refractivity contribution in [2.24, 2.45) is 11.5 Å².